The first-order chi connectivity index (χ1) is 38.6. The summed E-state index contributed by atoms with van der Waals surface area (Å²) < 4.78 is 28.3. The van der Waals surface area contributed by atoms with Gasteiger partial charge in [0.05, 0.1) is 56.4 Å². The molecule has 0 aliphatic carbocycles. The normalized spacial score (nSPS) is 13.5. The quantitative estimate of drug-likeness (QED) is 0.0121. The van der Waals surface area contributed by atoms with Crippen LogP contribution < -0.4 is 43.0 Å². The number of nitrogens with zero attached hydrogens (tertiary/aromatic N) is 9. The zero-order chi connectivity index (χ0) is 62.0. The Morgan fingerprint density at radius 1 is 0.549 bits per heavy atom. The molecule has 0 fully saturated rings. The Morgan fingerprint density at radius 3 is 1.56 bits per heavy atom. The molecule has 0 aliphatic rings. The summed E-state index contributed by atoms with van der Waals surface area (Å²) in [5.74, 6) is -3.28. The number of nitrogens with two attached hydrogens (primary N) is 1. The Morgan fingerprint density at radius 2 is 1.04 bits per heavy atom. The van der Waals surface area contributed by atoms with Crippen molar-refractivity contribution in [3.63, 3.8) is 0 Å². The molecule has 0 spiro atoms. The van der Waals surface area contributed by atoms with Crippen molar-refractivity contribution in [3.8, 4) is 0 Å². The van der Waals surface area contributed by atoms with E-state index in [4.69, 9.17) is 46.0 Å². The van der Waals surface area contributed by atoms with Gasteiger partial charge in [-0.25, -0.2) is 0 Å². The monoisotopic (exact) mass is 1170 g/mol. The third-order valence-corrected chi connectivity index (χ3v) is 12.2. The first kappa shape index (κ1) is 76.0. The van der Waals surface area contributed by atoms with Gasteiger partial charge in [-0.1, -0.05) is 29.2 Å². The van der Waals surface area contributed by atoms with Crippen LogP contribution in [0.1, 0.15) is 172 Å². The van der Waals surface area contributed by atoms with Crippen LogP contribution in [0, 0.1) is 0 Å². The van der Waals surface area contributed by atoms with Crippen LogP contribution in [0.4, 0.5) is 0 Å². The summed E-state index contributed by atoms with van der Waals surface area (Å²) in [6.07, 6.45) is 3.74. The molecule has 0 saturated carbocycles. The van der Waals surface area contributed by atoms with Gasteiger partial charge in [0.25, 0.3) is 0 Å². The maximum Gasteiger partial charge on any atom is 0.245 e. The van der Waals surface area contributed by atoms with Gasteiger partial charge in [0.1, 0.15) is 30.5 Å². The van der Waals surface area contributed by atoms with Crippen LogP contribution in [0.15, 0.2) is 15.3 Å². The minimum atomic E-state index is -1.24. The number of carbonyl (C=O) groups is 7. The lowest BCUT2D eigenvalue weighted by atomic mass is 9.99. The molecular weight excluding hydrogens is 1070 g/mol. The van der Waals surface area contributed by atoms with Crippen molar-refractivity contribution < 1.29 is 57.2 Å². The fraction of sp³-hybridized carbons (Fsp3) is 0.868. The molecule has 5 atom stereocenters. The van der Waals surface area contributed by atoms with Crippen LogP contribution >= 0.6 is 0 Å². The van der Waals surface area contributed by atoms with E-state index in [-0.39, 0.29) is 128 Å². The van der Waals surface area contributed by atoms with Gasteiger partial charge in [-0.15, -0.1) is 0 Å². The number of ether oxygens (including phenoxy) is 5. The fourth-order valence-electron chi connectivity index (χ4n) is 7.82. The maximum atomic E-state index is 14.6. The van der Waals surface area contributed by atoms with Gasteiger partial charge in [-0.05, 0) is 156 Å². The number of hydrogen-bond donors (Lipinski definition) is 8. The summed E-state index contributed by atoms with van der Waals surface area (Å²) in [7, 11) is 0. The number of unbranched alkanes of at least 4 members (excludes halogenated alkanes) is 3. The van der Waals surface area contributed by atoms with Crippen LogP contribution in [0.5, 0.6) is 0 Å². The zero-order valence-corrected chi connectivity index (χ0v) is 50.8. The highest BCUT2D eigenvalue weighted by molar-refractivity contribution is 5.94. The average Bonchev–Trinajstić information content (AvgIpc) is 3.37. The van der Waals surface area contributed by atoms with E-state index < -0.39 is 70.3 Å². The molecule has 0 rings (SSSR count). The molecule has 0 aromatic rings. The van der Waals surface area contributed by atoms with E-state index in [2.05, 4.69) is 67.3 Å². The summed E-state index contributed by atoms with van der Waals surface area (Å²) in [6.45, 7) is 21.3. The second kappa shape index (κ2) is 42.7. The van der Waals surface area contributed by atoms with Gasteiger partial charge < -0.3 is 66.6 Å². The second-order valence-corrected chi connectivity index (χ2v) is 22.6. The molecule has 0 bridgehead atoms. The zero-order valence-electron chi connectivity index (χ0n) is 50.8. The number of rotatable bonds is 49. The van der Waals surface area contributed by atoms with E-state index in [1.54, 1.807) is 55.4 Å². The molecule has 7 amide bonds. The lowest BCUT2D eigenvalue weighted by Gasteiger charge is -2.31. The topological polar surface area (TPSA) is 422 Å². The molecule has 0 aliphatic heterocycles. The van der Waals surface area contributed by atoms with Crippen molar-refractivity contribution in [1.82, 2.24) is 37.2 Å². The highest BCUT2D eigenvalue weighted by Crippen LogP contribution is 2.18. The van der Waals surface area contributed by atoms with Crippen molar-refractivity contribution in [2.75, 3.05) is 72.4 Å². The number of amides is 7. The van der Waals surface area contributed by atoms with E-state index in [1.165, 1.54) is 0 Å². The van der Waals surface area contributed by atoms with Gasteiger partial charge in [-0.3, -0.25) is 33.6 Å². The first-order valence-electron chi connectivity index (χ1n) is 28.6. The van der Waals surface area contributed by atoms with E-state index in [0.29, 0.717) is 58.0 Å². The van der Waals surface area contributed by atoms with Crippen LogP contribution in [0.3, 0.4) is 0 Å². The van der Waals surface area contributed by atoms with Gasteiger partial charge in [0.2, 0.25) is 41.4 Å². The van der Waals surface area contributed by atoms with Crippen molar-refractivity contribution >= 4 is 41.4 Å². The minimum Gasteiger partial charge on any atom is -0.378 e. The molecule has 0 aromatic carbocycles. The van der Waals surface area contributed by atoms with Crippen molar-refractivity contribution in [1.29, 1.82) is 0 Å². The van der Waals surface area contributed by atoms with Crippen molar-refractivity contribution in [2.24, 2.45) is 21.1 Å². The molecule has 29 heteroatoms. The molecular formula is C53H99N17O12. The first-order valence-corrected chi connectivity index (χ1v) is 28.6. The summed E-state index contributed by atoms with van der Waals surface area (Å²) in [4.78, 5) is 103. The van der Waals surface area contributed by atoms with Crippen molar-refractivity contribution in [3.05, 3.63) is 31.3 Å². The number of nitrogens with one attached hydrogen (secondary N) is 7. The van der Waals surface area contributed by atoms with E-state index in [1.807, 2.05) is 20.8 Å². The van der Waals surface area contributed by atoms with E-state index in [0.717, 1.165) is 6.42 Å². The van der Waals surface area contributed by atoms with Crippen LogP contribution in [0.25, 0.3) is 31.3 Å². The van der Waals surface area contributed by atoms with Crippen LogP contribution in [-0.2, 0) is 57.2 Å². The smallest absolute Gasteiger partial charge is 0.245 e. The largest absolute Gasteiger partial charge is 0.378 e. The van der Waals surface area contributed by atoms with E-state index >= 15 is 0 Å². The molecule has 29 nitrogen and oxygen atoms in total. The molecule has 0 aromatic heterocycles. The SMILES string of the molecule is CCCOC(C)(C)CC(=O)NCCCC[C@H](NC(=O)[C@H](CCCCNC(=O)CC(C)OCCN=[N+]=[N-])NC(=O)CC(C)(C)OCCN=[N+]=[N-])C(=O)N[C@@H](CCCCNC(=O)COCCC(C)N=[N+]=[N-])C(=O)NC(C)(C)CCOC(C)(C)N. The number of azide groups is 3. The lowest BCUT2D eigenvalue weighted by Crippen LogP contribution is -2.58. The summed E-state index contributed by atoms with van der Waals surface area (Å²) in [5, 5.41) is 30.5. The Bertz CT molecular complexity index is 2070. The Labute approximate surface area is 484 Å². The molecule has 0 saturated heterocycles. The second-order valence-electron chi connectivity index (χ2n) is 22.6. The minimum absolute atomic E-state index is 0.0362. The lowest BCUT2D eigenvalue weighted by molar-refractivity contribution is -0.135. The van der Waals surface area contributed by atoms with Gasteiger partial charge in [-0.2, -0.15) is 0 Å². The molecule has 468 valence electrons. The molecule has 0 heterocycles. The summed E-state index contributed by atoms with van der Waals surface area (Å²) in [6, 6.07) is -3.82. The third-order valence-electron chi connectivity index (χ3n) is 12.2. The van der Waals surface area contributed by atoms with Crippen LogP contribution in [-0.4, -0.2) is 166 Å². The summed E-state index contributed by atoms with van der Waals surface area (Å²) in [5.41, 5.74) is 28.3. The Kier molecular flexibility index (Phi) is 39.6. The molecule has 82 heavy (non-hydrogen) atoms. The van der Waals surface area contributed by atoms with Crippen molar-refractivity contribution in [2.45, 2.75) is 225 Å². The molecule has 2 unspecified atom stereocenters. The summed E-state index contributed by atoms with van der Waals surface area (Å²) >= 11 is 0. The predicted molar refractivity (Wildman–Crippen MR) is 309 cm³/mol. The molecule has 9 N–H and O–H groups in total. The predicted octanol–water partition coefficient (Wildman–Crippen LogP) is 5.60. The highest BCUT2D eigenvalue weighted by Gasteiger charge is 2.33. The standard InChI is InChI=1S/C53H99N17O12/c1-12-29-80-51(6,7)35-44(72)59-25-17-14-20-41(48(76)65-42(49(77)66-50(4,5)23-31-82-53(10,11)54)21-15-18-26-60-46(74)37-78-30-22-38(2)67-70-57)64-47(75)40(63-45(73)36-52(8,9)81-33-28-62-69-56)19-13-16-24-58-43(71)34-39(3)79-32-27-61-68-55/h38-42H,12-37,54H2,1-11H3,(H,58,71)(H,59,72)(H,60,74)(H,63,73)(H,64,75)(H,65,76)(H,66,77)/t38?,39?,40-,41-,42-/m0/s1. The van der Waals surface area contributed by atoms with E-state index in [9.17, 15) is 33.6 Å². The molecule has 0 radical (unpaired) electrons. The average molecular weight is 1170 g/mol. The van der Waals surface area contributed by atoms with Gasteiger partial charge in [0.15, 0.2) is 0 Å². The number of hydrogen-bond acceptors (Lipinski definition) is 16. The third kappa shape index (κ3) is 41.9. The highest BCUT2D eigenvalue weighted by atomic mass is 16.5. The number of carbonyl (C=O) groups excluding carboxylic acids is 7. The van der Waals surface area contributed by atoms with Gasteiger partial charge >= 0.3 is 0 Å². The Hall–Kier alpha value is -6.02. The Balaban J connectivity index is 6.71. The fourth-order valence-corrected chi connectivity index (χ4v) is 7.82. The van der Waals surface area contributed by atoms with Gasteiger partial charge in [0, 0.05) is 72.3 Å². The maximum absolute atomic E-state index is 14.6. The van der Waals surface area contributed by atoms with Crippen LogP contribution in [0.2, 0.25) is 0 Å².